The lowest BCUT2D eigenvalue weighted by Crippen LogP contribution is -2.28. The molecule has 26 heavy (non-hydrogen) atoms. The number of ether oxygens (including phenoxy) is 1. The lowest BCUT2D eigenvalue weighted by atomic mass is 10.1. The summed E-state index contributed by atoms with van der Waals surface area (Å²) in [6, 6.07) is 5.94. The molecule has 9 heteroatoms. The van der Waals surface area contributed by atoms with Crippen molar-refractivity contribution in [2.75, 3.05) is 20.8 Å². The molecule has 0 aliphatic carbocycles. The van der Waals surface area contributed by atoms with Gasteiger partial charge in [0, 0.05) is 19.3 Å². The van der Waals surface area contributed by atoms with Crippen molar-refractivity contribution in [1.82, 2.24) is 15.1 Å². The number of hydrogen-bond donors (Lipinski definition) is 1. The number of carbonyl (C=O) groups excluding carboxylic acids is 1. The van der Waals surface area contributed by atoms with Crippen LogP contribution in [0.1, 0.15) is 6.92 Å². The number of nitrogens with one attached hydrogen (secondary N) is 1. The van der Waals surface area contributed by atoms with Crippen molar-refractivity contribution in [2.45, 2.75) is 6.92 Å². The van der Waals surface area contributed by atoms with Gasteiger partial charge in [0.2, 0.25) is 5.88 Å². The fourth-order valence-electron chi connectivity index (χ4n) is 2.01. The van der Waals surface area contributed by atoms with Crippen LogP contribution < -0.4 is 10.1 Å². The first-order chi connectivity index (χ1) is 12.5. The van der Waals surface area contributed by atoms with E-state index >= 15 is 0 Å². The zero-order valence-corrected chi connectivity index (χ0v) is 15.2. The summed E-state index contributed by atoms with van der Waals surface area (Å²) in [6.45, 7) is 1.89. The molecule has 0 radical (unpaired) electrons. The van der Waals surface area contributed by atoms with E-state index in [2.05, 4.69) is 20.4 Å². The van der Waals surface area contributed by atoms with Crippen molar-refractivity contribution in [3.05, 3.63) is 53.0 Å². The summed E-state index contributed by atoms with van der Waals surface area (Å²) in [5.41, 5.74) is 1.35. The molecule has 0 unspecified atom stereocenters. The third kappa shape index (κ3) is 4.82. The molecule has 0 aliphatic heterocycles. The predicted octanol–water partition coefficient (Wildman–Crippen LogP) is 2.74. The quantitative estimate of drug-likeness (QED) is 0.591. The number of hydrogen-bond acceptors (Lipinski definition) is 5. The van der Waals surface area contributed by atoms with E-state index in [1.165, 1.54) is 31.0 Å². The molecule has 1 heterocycles. The van der Waals surface area contributed by atoms with E-state index in [4.69, 9.17) is 16.3 Å². The Morgan fingerprint density at radius 2 is 2.23 bits per heavy atom. The Morgan fingerprint density at radius 1 is 1.46 bits per heavy atom. The van der Waals surface area contributed by atoms with Crippen LogP contribution in [0.5, 0.6) is 5.88 Å². The van der Waals surface area contributed by atoms with Crippen LogP contribution in [-0.2, 0) is 9.63 Å². The molecular weight excluding hydrogens is 363 g/mol. The molecule has 0 spiro atoms. The van der Waals surface area contributed by atoms with Crippen molar-refractivity contribution in [3.63, 3.8) is 0 Å². The molecule has 0 atom stereocenters. The molecule has 0 fully saturated rings. The maximum absolute atomic E-state index is 13.2. The maximum atomic E-state index is 13.2. The lowest BCUT2D eigenvalue weighted by Gasteiger charge is -2.05. The average Bonchev–Trinajstić information content (AvgIpc) is 3.10. The molecule has 1 aromatic heterocycles. The van der Waals surface area contributed by atoms with E-state index in [1.54, 1.807) is 31.3 Å². The highest BCUT2D eigenvalue weighted by molar-refractivity contribution is 6.44. The number of rotatable bonds is 7. The van der Waals surface area contributed by atoms with Gasteiger partial charge in [0.05, 0.1) is 10.7 Å². The first-order valence-electron chi connectivity index (χ1n) is 7.60. The topological polar surface area (TPSA) is 77.7 Å². The number of benzene rings is 1. The van der Waals surface area contributed by atoms with E-state index in [0.29, 0.717) is 17.1 Å². The first kappa shape index (κ1) is 19.5. The van der Waals surface area contributed by atoms with Crippen LogP contribution in [0.4, 0.5) is 4.39 Å². The van der Waals surface area contributed by atoms with Gasteiger partial charge in [-0.1, -0.05) is 16.8 Å². The minimum atomic E-state index is -0.496. The fraction of sp³-hybridized carbons (Fsp3) is 0.235. The van der Waals surface area contributed by atoms with Crippen molar-refractivity contribution >= 4 is 23.2 Å². The molecule has 1 amide bonds. The zero-order chi connectivity index (χ0) is 19.1. The van der Waals surface area contributed by atoms with Crippen molar-refractivity contribution in [2.24, 2.45) is 5.16 Å². The van der Waals surface area contributed by atoms with Crippen molar-refractivity contribution < 1.29 is 18.8 Å². The Kier molecular flexibility index (Phi) is 6.74. The third-order valence-electron chi connectivity index (χ3n) is 3.35. The van der Waals surface area contributed by atoms with Gasteiger partial charge in [0.1, 0.15) is 19.5 Å². The average molecular weight is 381 g/mol. The van der Waals surface area contributed by atoms with Crippen LogP contribution in [0, 0.1) is 5.82 Å². The molecule has 0 bridgehead atoms. The van der Waals surface area contributed by atoms with E-state index < -0.39 is 5.82 Å². The summed E-state index contributed by atoms with van der Waals surface area (Å²) >= 11 is 5.77. The van der Waals surface area contributed by atoms with Crippen LogP contribution in [0.25, 0.3) is 5.69 Å². The second-order valence-corrected chi connectivity index (χ2v) is 5.50. The van der Waals surface area contributed by atoms with Gasteiger partial charge in [0.25, 0.3) is 5.91 Å². The van der Waals surface area contributed by atoms with E-state index in [-0.39, 0.29) is 23.2 Å². The molecule has 0 aliphatic rings. The van der Waals surface area contributed by atoms with E-state index in [1.807, 2.05) is 0 Å². The Bertz CT molecular complexity index is 848. The van der Waals surface area contributed by atoms with Crippen molar-refractivity contribution in [1.29, 1.82) is 0 Å². The summed E-state index contributed by atoms with van der Waals surface area (Å²) in [4.78, 5) is 16.4. The van der Waals surface area contributed by atoms with Crippen LogP contribution in [0.15, 0.2) is 47.3 Å². The zero-order valence-electron chi connectivity index (χ0n) is 14.5. The Labute approximate surface area is 155 Å². The summed E-state index contributed by atoms with van der Waals surface area (Å²) in [6.07, 6.45) is 3.35. The van der Waals surface area contributed by atoms with Gasteiger partial charge in [-0.3, -0.25) is 4.79 Å². The fourth-order valence-corrected chi connectivity index (χ4v) is 2.18. The van der Waals surface area contributed by atoms with Crippen LogP contribution in [-0.4, -0.2) is 42.2 Å². The highest BCUT2D eigenvalue weighted by atomic mass is 35.5. The standard InChI is InChI=1S/C17H18ClFN4O3/c1-11(16(22-25-3)17(24)20-2)7-9-26-15-6-8-23(21-15)12-4-5-14(19)13(18)10-12/h4-8,10H,9H2,1-3H3,(H,20,24)/b11-7+,22-16+. The Balaban J connectivity index is 2.04. The van der Waals surface area contributed by atoms with Gasteiger partial charge in [-0.25, -0.2) is 9.07 Å². The molecule has 1 aromatic carbocycles. The number of halogens is 2. The Morgan fingerprint density at radius 3 is 2.88 bits per heavy atom. The second-order valence-electron chi connectivity index (χ2n) is 5.10. The smallest absolute Gasteiger partial charge is 0.273 e. The summed E-state index contributed by atoms with van der Waals surface area (Å²) in [5.74, 6) is -0.498. The molecule has 1 N–H and O–H groups in total. The largest absolute Gasteiger partial charge is 0.472 e. The number of oxime groups is 1. The van der Waals surface area contributed by atoms with E-state index in [0.717, 1.165) is 0 Å². The lowest BCUT2D eigenvalue weighted by molar-refractivity contribution is -0.114. The van der Waals surface area contributed by atoms with Gasteiger partial charge in [-0.15, -0.1) is 5.10 Å². The third-order valence-corrected chi connectivity index (χ3v) is 3.64. The number of amides is 1. The normalized spacial score (nSPS) is 12.0. The number of nitrogens with zero attached hydrogens (tertiary/aromatic N) is 3. The molecule has 7 nitrogen and oxygen atoms in total. The SMILES string of the molecule is CNC(=O)C(=N/OC)/C(C)=C/COc1ccn(-c2ccc(F)c(Cl)c2)n1. The van der Waals surface area contributed by atoms with Crippen LogP contribution in [0.3, 0.4) is 0 Å². The van der Waals surface area contributed by atoms with Gasteiger partial charge >= 0.3 is 0 Å². The van der Waals surface area contributed by atoms with Gasteiger partial charge < -0.3 is 14.9 Å². The summed E-state index contributed by atoms with van der Waals surface area (Å²) in [5, 5.41) is 10.4. The summed E-state index contributed by atoms with van der Waals surface area (Å²) in [7, 11) is 2.87. The first-order valence-corrected chi connectivity index (χ1v) is 7.98. The molecule has 2 aromatic rings. The summed E-state index contributed by atoms with van der Waals surface area (Å²) < 4.78 is 20.3. The number of aromatic nitrogens is 2. The van der Waals surface area contributed by atoms with Crippen LogP contribution >= 0.6 is 11.6 Å². The molecule has 2 rings (SSSR count). The van der Waals surface area contributed by atoms with Gasteiger partial charge in [-0.2, -0.15) is 0 Å². The highest BCUT2D eigenvalue weighted by Crippen LogP contribution is 2.19. The molecular formula is C17H18ClFN4O3. The van der Waals surface area contributed by atoms with Crippen LogP contribution in [0.2, 0.25) is 5.02 Å². The molecule has 0 saturated carbocycles. The van der Waals surface area contributed by atoms with Crippen molar-refractivity contribution in [3.8, 4) is 11.6 Å². The van der Waals surface area contributed by atoms with E-state index in [9.17, 15) is 9.18 Å². The Hall–Kier alpha value is -2.87. The van der Waals surface area contributed by atoms with Gasteiger partial charge in [-0.05, 0) is 36.8 Å². The maximum Gasteiger partial charge on any atom is 0.273 e. The minimum Gasteiger partial charge on any atom is -0.472 e. The molecule has 138 valence electrons. The predicted molar refractivity (Wildman–Crippen MR) is 96.3 cm³/mol. The highest BCUT2D eigenvalue weighted by Gasteiger charge is 2.12. The minimum absolute atomic E-state index is 0.0122. The second kappa shape index (κ2) is 9.00. The van der Waals surface area contributed by atoms with Gasteiger partial charge in [0.15, 0.2) is 5.71 Å². The number of carbonyl (C=O) groups is 1. The molecule has 0 saturated heterocycles. The monoisotopic (exact) mass is 380 g/mol.